The summed E-state index contributed by atoms with van der Waals surface area (Å²) in [6.07, 6.45) is 15.0. The molecule has 0 radical (unpaired) electrons. The second kappa shape index (κ2) is 13.2. The molecule has 3 heterocycles. The number of nitrogens with zero attached hydrogens (tertiary/aromatic N) is 5. The fraction of sp³-hybridized carbons (Fsp3) is 0.379. The average molecular weight is 531 g/mol. The molecule has 1 unspecified atom stereocenters. The maximum atomic E-state index is 8.45. The number of nitrogens with one attached hydrogen (secondary N) is 3. The molecule has 1 atom stereocenters. The monoisotopic (exact) mass is 530 g/mol. The molecule has 206 valence electrons. The second-order valence-corrected chi connectivity index (χ2v) is 9.49. The fourth-order valence-corrected chi connectivity index (χ4v) is 3.95. The zero-order chi connectivity index (χ0) is 27.8. The summed E-state index contributed by atoms with van der Waals surface area (Å²) in [6, 6.07) is 5.96. The number of fused-ring (bicyclic) bond motifs is 1. The predicted molar refractivity (Wildman–Crippen MR) is 157 cm³/mol. The van der Waals surface area contributed by atoms with Crippen molar-refractivity contribution in [1.82, 2.24) is 20.3 Å². The Bertz CT molecular complexity index is 1310. The van der Waals surface area contributed by atoms with Crippen LogP contribution in [0.5, 0.6) is 5.75 Å². The Morgan fingerprint density at radius 1 is 1.31 bits per heavy atom. The molecule has 2 aromatic rings. The summed E-state index contributed by atoms with van der Waals surface area (Å²) in [6.45, 7) is 8.17. The summed E-state index contributed by atoms with van der Waals surface area (Å²) in [5.41, 5.74) is 5.70. The van der Waals surface area contributed by atoms with Crippen LogP contribution < -0.4 is 20.7 Å². The molecule has 3 aliphatic rings. The molecule has 1 aromatic carbocycles. The Morgan fingerprint density at radius 2 is 2.10 bits per heavy atom. The smallest absolute Gasteiger partial charge is 0.173 e. The van der Waals surface area contributed by atoms with Crippen LogP contribution in [0.3, 0.4) is 0 Å². The lowest BCUT2D eigenvalue weighted by molar-refractivity contribution is 0.0950. The molecule has 0 amide bonds. The zero-order valence-corrected chi connectivity index (χ0v) is 23.3. The highest BCUT2D eigenvalue weighted by atomic mass is 16.5. The van der Waals surface area contributed by atoms with Gasteiger partial charge in [-0.15, -0.1) is 0 Å². The first-order valence-corrected chi connectivity index (χ1v) is 13.3. The van der Waals surface area contributed by atoms with E-state index in [-0.39, 0.29) is 12.4 Å². The molecule has 2 aliphatic heterocycles. The van der Waals surface area contributed by atoms with Crippen molar-refractivity contribution >= 4 is 29.6 Å². The number of rotatable bonds is 7. The van der Waals surface area contributed by atoms with Crippen LogP contribution in [0.15, 0.2) is 70.0 Å². The summed E-state index contributed by atoms with van der Waals surface area (Å²) in [5, 5.41) is 24.5. The molecular formula is C29H38N8O2. The molecule has 1 aromatic heterocycles. The number of aromatic nitrogens is 2. The lowest BCUT2D eigenvalue weighted by Gasteiger charge is -2.23. The number of aliphatic imine (C=N–C) groups is 1. The minimum Gasteiger partial charge on any atom is -0.457 e. The molecule has 10 heteroatoms. The highest BCUT2D eigenvalue weighted by Gasteiger charge is 2.18. The van der Waals surface area contributed by atoms with Crippen molar-refractivity contribution in [2.75, 3.05) is 17.7 Å². The molecule has 5 rings (SSSR count). The van der Waals surface area contributed by atoms with Gasteiger partial charge in [0.2, 0.25) is 0 Å². The van der Waals surface area contributed by atoms with Crippen molar-refractivity contribution < 1.29 is 9.84 Å². The van der Waals surface area contributed by atoms with Crippen LogP contribution in [0, 0.1) is 6.92 Å². The van der Waals surface area contributed by atoms with Crippen LogP contribution in [0.4, 0.5) is 17.2 Å². The third-order valence-corrected chi connectivity index (χ3v) is 6.63. The van der Waals surface area contributed by atoms with Gasteiger partial charge in [0.25, 0.3) is 0 Å². The van der Waals surface area contributed by atoms with Crippen LogP contribution in [0.1, 0.15) is 57.7 Å². The largest absolute Gasteiger partial charge is 0.457 e. The zero-order valence-electron chi connectivity index (χ0n) is 23.3. The SMILES string of the molecule is C/C=N\N1C=CC(Oc2ccc(Nc3ncnc4c3NC(NC)N=C4)cc2C)=CC1=C(C)CC.OC1CCC1. The Kier molecular flexibility index (Phi) is 9.45. The Morgan fingerprint density at radius 3 is 2.74 bits per heavy atom. The van der Waals surface area contributed by atoms with E-state index >= 15 is 0 Å². The lowest BCUT2D eigenvalue weighted by atomic mass is 9.97. The van der Waals surface area contributed by atoms with Gasteiger partial charge in [-0.1, -0.05) is 6.92 Å². The minimum absolute atomic E-state index is 0.0648. The second-order valence-electron chi connectivity index (χ2n) is 9.49. The molecule has 1 saturated carbocycles. The van der Waals surface area contributed by atoms with E-state index < -0.39 is 0 Å². The standard InChI is InChI=1S/C25H30N8O.C4H8O/c1-6-16(3)21-13-19(10-11-33(21)30-7-2)34-22-9-8-18(12-17(22)4)31-24-23-20(28-15-29-24)14-27-25(26-5)32-23;5-4-2-1-3-4/h7-15,25-26,32H,6H2,1-5H3,(H,28,29,31);4-5H,1-3H2/b21-16?,30-7-;. The van der Waals surface area contributed by atoms with Gasteiger partial charge in [0.05, 0.1) is 18.0 Å². The quantitative estimate of drug-likeness (QED) is 0.361. The summed E-state index contributed by atoms with van der Waals surface area (Å²) in [4.78, 5) is 13.0. The maximum absolute atomic E-state index is 8.45. The number of aliphatic hydroxyl groups excluding tert-OH is 1. The van der Waals surface area contributed by atoms with E-state index in [0.717, 1.165) is 59.1 Å². The number of ether oxygens (including phenoxy) is 1. The van der Waals surface area contributed by atoms with Gasteiger partial charge < -0.3 is 20.5 Å². The highest BCUT2D eigenvalue weighted by molar-refractivity contribution is 5.92. The van der Waals surface area contributed by atoms with Gasteiger partial charge >= 0.3 is 0 Å². The van der Waals surface area contributed by atoms with E-state index in [0.29, 0.717) is 5.82 Å². The first-order valence-electron chi connectivity index (χ1n) is 13.3. The predicted octanol–water partition coefficient (Wildman–Crippen LogP) is 5.19. The molecule has 1 fully saturated rings. The van der Waals surface area contributed by atoms with Crippen molar-refractivity contribution in [3.8, 4) is 5.75 Å². The minimum atomic E-state index is -0.220. The first-order chi connectivity index (χ1) is 18.9. The lowest BCUT2D eigenvalue weighted by Crippen LogP contribution is -2.34. The van der Waals surface area contributed by atoms with Crippen LogP contribution in [-0.2, 0) is 0 Å². The van der Waals surface area contributed by atoms with Crippen LogP contribution in [-0.4, -0.2) is 52.0 Å². The van der Waals surface area contributed by atoms with Gasteiger partial charge in [0.15, 0.2) is 12.1 Å². The molecule has 0 bridgehead atoms. The maximum Gasteiger partial charge on any atom is 0.173 e. The van der Waals surface area contributed by atoms with E-state index in [4.69, 9.17) is 9.84 Å². The molecular weight excluding hydrogens is 492 g/mol. The van der Waals surface area contributed by atoms with Crippen LogP contribution >= 0.6 is 0 Å². The summed E-state index contributed by atoms with van der Waals surface area (Å²) in [5.74, 6) is 2.23. The van der Waals surface area contributed by atoms with Crippen molar-refractivity contribution in [3.63, 3.8) is 0 Å². The van der Waals surface area contributed by atoms with Gasteiger partial charge in [0, 0.05) is 24.2 Å². The third-order valence-electron chi connectivity index (χ3n) is 6.63. The molecule has 0 saturated heterocycles. The van der Waals surface area contributed by atoms with Gasteiger partial charge in [-0.05, 0) is 88.9 Å². The molecule has 10 nitrogen and oxygen atoms in total. The molecule has 4 N–H and O–H groups in total. The van der Waals surface area contributed by atoms with E-state index in [1.54, 1.807) is 12.4 Å². The highest BCUT2D eigenvalue weighted by Crippen LogP contribution is 2.31. The average Bonchev–Trinajstić information content (AvgIpc) is 2.94. The van der Waals surface area contributed by atoms with E-state index in [9.17, 15) is 0 Å². The summed E-state index contributed by atoms with van der Waals surface area (Å²) < 4.78 is 6.23. The molecule has 39 heavy (non-hydrogen) atoms. The van der Waals surface area contributed by atoms with Crippen LogP contribution in [0.2, 0.25) is 0 Å². The number of hydrogen-bond donors (Lipinski definition) is 4. The number of hydrazone groups is 1. The summed E-state index contributed by atoms with van der Waals surface area (Å²) in [7, 11) is 1.84. The van der Waals surface area contributed by atoms with E-state index in [1.165, 1.54) is 18.3 Å². The van der Waals surface area contributed by atoms with Crippen LogP contribution in [0.25, 0.3) is 0 Å². The van der Waals surface area contributed by atoms with Gasteiger partial charge in [-0.2, -0.15) is 5.10 Å². The third kappa shape index (κ3) is 7.10. The first kappa shape index (κ1) is 28.0. The Hall–Kier alpha value is -4.02. The van der Waals surface area contributed by atoms with Crippen molar-refractivity contribution in [3.05, 3.63) is 71.2 Å². The molecule has 1 aliphatic carbocycles. The Balaban J connectivity index is 0.000000634. The number of aliphatic hydroxyl groups is 1. The van der Waals surface area contributed by atoms with E-state index in [2.05, 4.69) is 49.9 Å². The number of allylic oxidation sites excluding steroid dienone is 3. The topological polar surface area (TPSA) is 119 Å². The molecule has 0 spiro atoms. The normalized spacial score (nSPS) is 19.4. The summed E-state index contributed by atoms with van der Waals surface area (Å²) >= 11 is 0. The van der Waals surface area contributed by atoms with Gasteiger partial charge in [0.1, 0.15) is 29.2 Å². The Labute approximate surface area is 230 Å². The van der Waals surface area contributed by atoms with Gasteiger partial charge in [-0.25, -0.2) is 15.0 Å². The van der Waals surface area contributed by atoms with Crippen molar-refractivity contribution in [1.29, 1.82) is 0 Å². The fourth-order valence-electron chi connectivity index (χ4n) is 3.95. The number of hydrogen-bond acceptors (Lipinski definition) is 10. The number of benzene rings is 1. The number of aryl methyl sites for hydroxylation is 1. The van der Waals surface area contributed by atoms with Crippen molar-refractivity contribution in [2.45, 2.75) is 65.8 Å². The van der Waals surface area contributed by atoms with Gasteiger partial charge in [-0.3, -0.25) is 10.3 Å². The van der Waals surface area contributed by atoms with Crippen molar-refractivity contribution in [2.24, 2.45) is 10.1 Å². The number of anilines is 3. The van der Waals surface area contributed by atoms with E-state index in [1.807, 2.05) is 62.5 Å².